The summed E-state index contributed by atoms with van der Waals surface area (Å²) in [5.41, 5.74) is 1.54. The summed E-state index contributed by atoms with van der Waals surface area (Å²) in [4.78, 5) is 14.0. The van der Waals surface area contributed by atoms with Crippen LogP contribution in [0.2, 0.25) is 0 Å². The van der Waals surface area contributed by atoms with Crippen molar-refractivity contribution in [2.45, 2.75) is 6.04 Å². The summed E-state index contributed by atoms with van der Waals surface area (Å²) in [7, 11) is 1.55. The number of benzene rings is 2. The monoisotopic (exact) mass is 379 g/mol. The molecule has 1 amide bonds. The molecule has 0 saturated heterocycles. The predicted molar refractivity (Wildman–Crippen MR) is 109 cm³/mol. The molecule has 2 aromatic carbocycles. The molecule has 0 bridgehead atoms. The molecule has 138 valence electrons. The van der Waals surface area contributed by atoms with Gasteiger partial charge >= 0.3 is 0 Å². The fourth-order valence-electron chi connectivity index (χ4n) is 2.71. The first-order valence-electron chi connectivity index (χ1n) is 8.54. The van der Waals surface area contributed by atoms with Crippen molar-refractivity contribution in [1.29, 1.82) is 0 Å². The number of carbonyl (C=O) groups is 1. The van der Waals surface area contributed by atoms with Crippen LogP contribution in [0.1, 0.15) is 26.8 Å². The van der Waals surface area contributed by atoms with Gasteiger partial charge in [0, 0.05) is 10.4 Å². The lowest BCUT2D eigenvalue weighted by Crippen LogP contribution is -2.28. The maximum Gasteiger partial charge on any atom is 0.252 e. The van der Waals surface area contributed by atoms with Crippen LogP contribution < -0.4 is 14.8 Å². The zero-order valence-corrected chi connectivity index (χ0v) is 15.9. The number of amides is 1. The van der Waals surface area contributed by atoms with Crippen LogP contribution in [0.15, 0.2) is 78.7 Å². The van der Waals surface area contributed by atoms with Crippen LogP contribution in [0.25, 0.3) is 0 Å². The maximum absolute atomic E-state index is 12.9. The van der Waals surface area contributed by atoms with Crippen LogP contribution in [0, 0.1) is 0 Å². The number of rotatable bonds is 8. The highest BCUT2D eigenvalue weighted by atomic mass is 32.1. The molecule has 0 fully saturated rings. The van der Waals surface area contributed by atoms with Crippen molar-refractivity contribution in [3.63, 3.8) is 0 Å². The minimum atomic E-state index is -0.207. The fraction of sp³-hybridized carbons (Fsp3) is 0.136. The van der Waals surface area contributed by atoms with E-state index in [9.17, 15) is 4.79 Å². The fourth-order valence-corrected chi connectivity index (χ4v) is 3.51. The van der Waals surface area contributed by atoms with Crippen LogP contribution in [0.5, 0.6) is 11.5 Å². The SMILES string of the molecule is C=CCOc1ccc(C(=O)N[C@@H](c2ccccc2)c2cccs2)cc1OC. The van der Waals surface area contributed by atoms with Crippen molar-refractivity contribution in [1.82, 2.24) is 5.32 Å². The minimum absolute atomic E-state index is 0.175. The Bertz CT molecular complexity index is 891. The van der Waals surface area contributed by atoms with E-state index in [4.69, 9.17) is 9.47 Å². The third-order valence-corrected chi connectivity index (χ3v) is 4.96. The van der Waals surface area contributed by atoms with E-state index in [1.54, 1.807) is 42.7 Å². The van der Waals surface area contributed by atoms with Crippen molar-refractivity contribution < 1.29 is 14.3 Å². The van der Waals surface area contributed by atoms with Gasteiger partial charge in [-0.25, -0.2) is 0 Å². The molecule has 1 N–H and O–H groups in total. The summed E-state index contributed by atoms with van der Waals surface area (Å²) >= 11 is 1.61. The maximum atomic E-state index is 12.9. The van der Waals surface area contributed by atoms with E-state index in [2.05, 4.69) is 11.9 Å². The molecule has 1 aromatic heterocycles. The molecule has 27 heavy (non-hydrogen) atoms. The molecule has 0 radical (unpaired) electrons. The van der Waals surface area contributed by atoms with E-state index in [1.165, 1.54) is 0 Å². The summed E-state index contributed by atoms with van der Waals surface area (Å²) in [6, 6.07) is 18.9. The Hall–Kier alpha value is -3.05. The van der Waals surface area contributed by atoms with Gasteiger partial charge in [0.2, 0.25) is 0 Å². The summed E-state index contributed by atoms with van der Waals surface area (Å²) in [6.45, 7) is 4.01. The average molecular weight is 379 g/mol. The second kappa shape index (κ2) is 9.05. The van der Waals surface area contributed by atoms with Gasteiger partial charge in [-0.2, -0.15) is 0 Å². The lowest BCUT2D eigenvalue weighted by Gasteiger charge is -2.19. The van der Waals surface area contributed by atoms with Gasteiger partial charge in [-0.3, -0.25) is 4.79 Å². The smallest absolute Gasteiger partial charge is 0.252 e. The van der Waals surface area contributed by atoms with Crippen molar-refractivity contribution in [3.8, 4) is 11.5 Å². The van der Waals surface area contributed by atoms with E-state index in [-0.39, 0.29) is 11.9 Å². The number of hydrogen-bond acceptors (Lipinski definition) is 4. The van der Waals surface area contributed by atoms with E-state index in [0.29, 0.717) is 23.7 Å². The third kappa shape index (κ3) is 4.57. The summed E-state index contributed by atoms with van der Waals surface area (Å²) < 4.78 is 10.9. The molecule has 0 spiro atoms. The summed E-state index contributed by atoms with van der Waals surface area (Å²) in [5, 5.41) is 5.13. The topological polar surface area (TPSA) is 47.6 Å². The molecule has 3 rings (SSSR count). The largest absolute Gasteiger partial charge is 0.493 e. The molecule has 0 aliphatic carbocycles. The molecule has 5 heteroatoms. The lowest BCUT2D eigenvalue weighted by atomic mass is 10.0. The highest BCUT2D eigenvalue weighted by Crippen LogP contribution is 2.30. The number of carbonyl (C=O) groups excluding carboxylic acids is 1. The molecule has 1 atom stereocenters. The Kier molecular flexibility index (Phi) is 6.28. The molecule has 4 nitrogen and oxygen atoms in total. The Labute approximate surface area is 163 Å². The molecule has 0 saturated carbocycles. The summed E-state index contributed by atoms with van der Waals surface area (Å²) in [5.74, 6) is 0.912. The van der Waals surface area contributed by atoms with E-state index >= 15 is 0 Å². The molecule has 0 aliphatic heterocycles. The van der Waals surface area contributed by atoms with Crippen LogP contribution in [-0.2, 0) is 0 Å². The van der Waals surface area contributed by atoms with Crippen molar-refractivity contribution in [2.24, 2.45) is 0 Å². The highest BCUT2D eigenvalue weighted by Gasteiger charge is 2.19. The standard InChI is InChI=1S/C22H21NO3S/c1-3-13-26-18-12-11-17(15-19(18)25-2)22(24)23-21(20-10-7-14-27-20)16-8-5-4-6-9-16/h3-12,14-15,21H,1,13H2,2H3,(H,23,24)/t21-/m0/s1. The van der Waals surface area contributed by atoms with E-state index < -0.39 is 0 Å². The zero-order valence-electron chi connectivity index (χ0n) is 15.1. The van der Waals surface area contributed by atoms with Crippen LogP contribution in [-0.4, -0.2) is 19.6 Å². The molecular formula is C22H21NO3S. The Balaban J connectivity index is 1.85. The number of methoxy groups -OCH3 is 1. The molecular weight excluding hydrogens is 358 g/mol. The lowest BCUT2D eigenvalue weighted by molar-refractivity contribution is 0.0943. The number of nitrogens with one attached hydrogen (secondary N) is 1. The van der Waals surface area contributed by atoms with Gasteiger partial charge < -0.3 is 14.8 Å². The molecule has 3 aromatic rings. The van der Waals surface area contributed by atoms with E-state index in [0.717, 1.165) is 10.4 Å². The van der Waals surface area contributed by atoms with Gasteiger partial charge in [0.25, 0.3) is 5.91 Å². The molecule has 1 heterocycles. The van der Waals surface area contributed by atoms with Gasteiger partial charge in [-0.15, -0.1) is 11.3 Å². The normalized spacial score (nSPS) is 11.4. The minimum Gasteiger partial charge on any atom is -0.493 e. The van der Waals surface area contributed by atoms with Crippen molar-refractivity contribution in [2.75, 3.05) is 13.7 Å². The molecule has 0 unspecified atom stereocenters. The third-order valence-electron chi connectivity index (χ3n) is 4.02. The Morgan fingerprint density at radius 2 is 1.96 bits per heavy atom. The molecule has 0 aliphatic rings. The number of hydrogen-bond donors (Lipinski definition) is 1. The van der Waals surface area contributed by atoms with Crippen LogP contribution >= 0.6 is 11.3 Å². The number of ether oxygens (including phenoxy) is 2. The van der Waals surface area contributed by atoms with Gasteiger partial charge in [-0.1, -0.05) is 49.1 Å². The first-order valence-corrected chi connectivity index (χ1v) is 9.42. The van der Waals surface area contributed by atoms with E-state index in [1.807, 2.05) is 47.8 Å². The highest BCUT2D eigenvalue weighted by molar-refractivity contribution is 7.10. The first kappa shape index (κ1) is 18.7. The van der Waals surface area contributed by atoms with Crippen LogP contribution in [0.3, 0.4) is 0 Å². The van der Waals surface area contributed by atoms with Crippen molar-refractivity contribution in [3.05, 3.63) is 94.7 Å². The Morgan fingerprint density at radius 3 is 2.63 bits per heavy atom. The van der Waals surface area contributed by atoms with Crippen LogP contribution in [0.4, 0.5) is 0 Å². The predicted octanol–water partition coefficient (Wildman–Crippen LogP) is 4.84. The van der Waals surface area contributed by atoms with Gasteiger partial charge in [0.1, 0.15) is 6.61 Å². The second-order valence-electron chi connectivity index (χ2n) is 5.80. The van der Waals surface area contributed by atoms with Gasteiger partial charge in [-0.05, 0) is 35.2 Å². The first-order chi connectivity index (χ1) is 13.2. The van der Waals surface area contributed by atoms with Crippen molar-refractivity contribution >= 4 is 17.2 Å². The zero-order chi connectivity index (χ0) is 19.1. The van der Waals surface area contributed by atoms with Gasteiger partial charge in [0.05, 0.1) is 13.2 Å². The second-order valence-corrected chi connectivity index (χ2v) is 6.78. The number of thiophene rings is 1. The quantitative estimate of drug-likeness (QED) is 0.570. The summed E-state index contributed by atoms with van der Waals surface area (Å²) in [6.07, 6.45) is 1.66. The average Bonchev–Trinajstić information content (AvgIpc) is 3.25. The van der Waals surface area contributed by atoms with Gasteiger partial charge in [0.15, 0.2) is 11.5 Å². The Morgan fingerprint density at radius 1 is 1.15 bits per heavy atom.